The van der Waals surface area contributed by atoms with Crippen molar-refractivity contribution < 1.29 is 22.7 Å². The van der Waals surface area contributed by atoms with Crippen LogP contribution >= 0.6 is 0 Å². The van der Waals surface area contributed by atoms with Crippen LogP contribution in [0.3, 0.4) is 0 Å². The molecule has 0 N–H and O–H groups in total. The van der Waals surface area contributed by atoms with Crippen LogP contribution in [0.1, 0.15) is 165 Å². The summed E-state index contributed by atoms with van der Waals surface area (Å²) in [5.74, 6) is 0. The quantitative estimate of drug-likeness (QED) is 0.0557. The van der Waals surface area contributed by atoms with E-state index in [1.165, 1.54) is 104 Å². The third kappa shape index (κ3) is 14.0. The van der Waals surface area contributed by atoms with Crippen LogP contribution in [0.5, 0.6) is 0 Å². The fourth-order valence-electron chi connectivity index (χ4n) is 7.41. The van der Waals surface area contributed by atoms with Crippen molar-refractivity contribution in [2.24, 2.45) is 0 Å². The predicted molar refractivity (Wildman–Crippen MR) is 236 cm³/mol. The molecule has 0 saturated carbocycles. The molecule has 0 aromatic heterocycles. The van der Waals surface area contributed by atoms with Gasteiger partial charge in [-0.25, -0.2) is 4.70 Å². The zero-order valence-electron chi connectivity index (χ0n) is 35.2. The van der Waals surface area contributed by atoms with Crippen molar-refractivity contribution in [1.29, 1.82) is 0 Å². The predicted octanol–water partition coefficient (Wildman–Crippen LogP) is 14.3. The molecule has 2 nitrogen and oxygen atoms in total. The zero-order chi connectivity index (χ0) is 39.3. The third-order valence-corrected chi connectivity index (χ3v) is 12.4. The van der Waals surface area contributed by atoms with Gasteiger partial charge in [0.15, 0.2) is 0 Å². The van der Waals surface area contributed by atoms with Crippen LogP contribution in [0.15, 0.2) is 108 Å². The first-order valence-corrected chi connectivity index (χ1v) is 23.4. The second-order valence-electron chi connectivity index (χ2n) is 15.3. The molecule has 298 valence electrons. The van der Waals surface area contributed by atoms with Gasteiger partial charge in [-0.15, -0.1) is 0 Å². The minimum absolute atomic E-state index is 0.575. The topological polar surface area (TPSA) is 25.3 Å². The van der Waals surface area contributed by atoms with Gasteiger partial charge >= 0.3 is 86.7 Å². The third-order valence-electron chi connectivity index (χ3n) is 10.5. The number of nitrogens with zero attached hydrogens (tertiary/aromatic N) is 2. The Bertz CT molecular complexity index is 1620. The SMILES string of the molecule is CCCCC1=C(c2cc(CCCC)cc(CCCC)c2)[N+](=[N-])C(c2cc(CCCC)cc(CCCC)c2)=C1CCCC.c1cc[c]([Pd][c]2ccccc2)cc1. The molecule has 3 heteroatoms. The molecule has 4 aromatic rings. The molecular formula is C52H70N2Pd. The van der Waals surface area contributed by atoms with E-state index in [1.54, 1.807) is 4.70 Å². The summed E-state index contributed by atoms with van der Waals surface area (Å²) >= 11 is 0.575. The summed E-state index contributed by atoms with van der Waals surface area (Å²) < 4.78 is 4.46. The summed E-state index contributed by atoms with van der Waals surface area (Å²) in [6, 6.07) is 35.6. The molecule has 0 bridgehead atoms. The molecule has 0 atom stereocenters. The van der Waals surface area contributed by atoms with Crippen LogP contribution in [0.2, 0.25) is 0 Å². The van der Waals surface area contributed by atoms with Crippen LogP contribution in [-0.2, 0) is 43.7 Å². The summed E-state index contributed by atoms with van der Waals surface area (Å²) in [5.41, 5.74) is 25.2. The number of rotatable bonds is 22. The normalized spacial score (nSPS) is 12.8. The van der Waals surface area contributed by atoms with Gasteiger partial charge in [-0.3, -0.25) is 0 Å². The molecule has 4 aromatic carbocycles. The molecule has 0 spiro atoms. The number of allylic oxidation sites excluding steroid dienone is 2. The van der Waals surface area contributed by atoms with Gasteiger partial charge in [0.1, 0.15) is 0 Å². The van der Waals surface area contributed by atoms with Gasteiger partial charge in [0.2, 0.25) is 11.4 Å². The van der Waals surface area contributed by atoms with E-state index in [9.17, 15) is 5.53 Å². The Kier molecular flexibility index (Phi) is 20.1. The molecule has 0 unspecified atom stereocenters. The Hall–Kier alpha value is -3.38. The Morgan fingerprint density at radius 3 is 0.982 bits per heavy atom. The van der Waals surface area contributed by atoms with Gasteiger partial charge in [0.05, 0.1) is 0 Å². The molecule has 1 heterocycles. The summed E-state index contributed by atoms with van der Waals surface area (Å²) in [4.78, 5) is 0. The first-order chi connectivity index (χ1) is 27.0. The number of benzene rings is 4. The summed E-state index contributed by atoms with van der Waals surface area (Å²) in [5, 5.41) is 0. The second-order valence-corrected chi connectivity index (χ2v) is 17.4. The van der Waals surface area contributed by atoms with Crippen LogP contribution in [0.4, 0.5) is 0 Å². The molecule has 0 saturated heterocycles. The van der Waals surface area contributed by atoms with Gasteiger partial charge in [-0.1, -0.05) is 92.2 Å². The summed E-state index contributed by atoms with van der Waals surface area (Å²) in [7, 11) is 0. The number of hydrogen-bond donors (Lipinski definition) is 0. The van der Waals surface area contributed by atoms with E-state index in [0.717, 1.165) is 75.6 Å². The van der Waals surface area contributed by atoms with Gasteiger partial charge in [0, 0.05) is 22.3 Å². The Morgan fingerprint density at radius 2 is 0.691 bits per heavy atom. The van der Waals surface area contributed by atoms with Crippen molar-refractivity contribution in [1.82, 2.24) is 0 Å². The van der Waals surface area contributed by atoms with Gasteiger partial charge < -0.3 is 5.53 Å². The van der Waals surface area contributed by atoms with Crippen molar-refractivity contribution in [3.05, 3.63) is 147 Å². The van der Waals surface area contributed by atoms with E-state index in [-0.39, 0.29) is 0 Å². The van der Waals surface area contributed by atoms with Crippen LogP contribution in [-0.4, -0.2) is 4.70 Å². The van der Waals surface area contributed by atoms with Crippen LogP contribution < -0.4 is 8.07 Å². The molecule has 0 aliphatic carbocycles. The van der Waals surface area contributed by atoms with E-state index in [0.29, 0.717) is 18.0 Å². The summed E-state index contributed by atoms with van der Waals surface area (Å²) in [6.07, 6.45) is 20.7. The van der Waals surface area contributed by atoms with Gasteiger partial charge in [-0.2, -0.15) is 0 Å². The van der Waals surface area contributed by atoms with E-state index in [4.69, 9.17) is 0 Å². The fraction of sp³-hybridized carbons (Fsp3) is 0.462. The minimum atomic E-state index is 0.575. The molecule has 0 radical (unpaired) electrons. The Morgan fingerprint density at radius 1 is 0.400 bits per heavy atom. The van der Waals surface area contributed by atoms with Crippen molar-refractivity contribution in [3.8, 4) is 0 Å². The molecule has 0 amide bonds. The first-order valence-electron chi connectivity index (χ1n) is 21.9. The van der Waals surface area contributed by atoms with Gasteiger partial charge in [0.25, 0.3) is 0 Å². The van der Waals surface area contributed by atoms with E-state index in [2.05, 4.69) is 139 Å². The number of unbranched alkanes of at least 4 members (excludes halogenated alkanes) is 6. The monoisotopic (exact) mass is 828 g/mol. The van der Waals surface area contributed by atoms with Crippen molar-refractivity contribution in [3.63, 3.8) is 0 Å². The van der Waals surface area contributed by atoms with Crippen molar-refractivity contribution >= 4 is 19.5 Å². The Labute approximate surface area is 344 Å². The molecule has 5 rings (SSSR count). The van der Waals surface area contributed by atoms with E-state index < -0.39 is 0 Å². The maximum atomic E-state index is 12.3. The average Bonchev–Trinajstić information content (AvgIpc) is 3.49. The average molecular weight is 830 g/mol. The molecule has 1 aliphatic rings. The van der Waals surface area contributed by atoms with Crippen LogP contribution in [0, 0.1) is 0 Å². The Balaban J connectivity index is 0.000000431. The molecule has 0 fully saturated rings. The fourth-order valence-corrected chi connectivity index (χ4v) is 9.04. The second kappa shape index (κ2) is 25.0. The van der Waals surface area contributed by atoms with Crippen molar-refractivity contribution in [2.75, 3.05) is 0 Å². The zero-order valence-corrected chi connectivity index (χ0v) is 36.7. The standard InChI is InChI=1S/C40H60N2.2C6H5.Pd/c1-7-13-19-31-25-32(20-14-8-2)28-35(27-31)39-37(23-17-11-5)38(24-18-12-6)40(42(39)41)36-29-33(21-15-9-3)26-34(30-36)22-16-10-4;2*1-2-4-6-5-3-1;/h25-30H,7-24H2,1-6H3;2*1-5H;. The van der Waals surface area contributed by atoms with Crippen LogP contribution in [0.25, 0.3) is 16.9 Å². The maximum absolute atomic E-state index is 12.3. The van der Waals surface area contributed by atoms with E-state index >= 15 is 0 Å². The molecule has 55 heavy (non-hydrogen) atoms. The number of aryl methyl sites for hydroxylation is 4. The van der Waals surface area contributed by atoms with Crippen molar-refractivity contribution in [2.45, 2.75) is 157 Å². The summed E-state index contributed by atoms with van der Waals surface area (Å²) in [6.45, 7) is 13.7. The first kappa shape index (κ1) is 44.3. The molecule has 1 aliphatic heterocycles. The number of hydrogen-bond acceptors (Lipinski definition) is 0. The van der Waals surface area contributed by atoms with Gasteiger partial charge in [-0.05, 0) is 124 Å². The molecular weight excluding hydrogens is 759 g/mol. The van der Waals surface area contributed by atoms with E-state index in [1.807, 2.05) is 0 Å².